The maximum Gasteiger partial charge on any atom is 0.425 e. The second kappa shape index (κ2) is 7.15. The summed E-state index contributed by atoms with van der Waals surface area (Å²) in [4.78, 5) is 39.1. The molecular formula is C21H17F3N4O3. The van der Waals surface area contributed by atoms with Crippen molar-refractivity contribution in [1.29, 1.82) is 0 Å². The van der Waals surface area contributed by atoms with Crippen LogP contribution in [0.15, 0.2) is 65.5 Å². The maximum atomic E-state index is 14.4. The zero-order valence-corrected chi connectivity index (χ0v) is 16.2. The van der Waals surface area contributed by atoms with Crippen LogP contribution in [-0.4, -0.2) is 32.8 Å². The fraction of sp³-hybridized carbons (Fsp3) is 0.190. The monoisotopic (exact) mass is 430 g/mol. The number of hydrogen-bond donors (Lipinski definition) is 2. The molecule has 2 N–H and O–H groups in total. The normalized spacial score (nSPS) is 19.0. The molecule has 2 aromatic carbocycles. The van der Waals surface area contributed by atoms with E-state index in [2.05, 4.69) is 5.10 Å². The van der Waals surface area contributed by atoms with Gasteiger partial charge in [-0.05, 0) is 24.6 Å². The molecule has 0 aliphatic carbocycles. The van der Waals surface area contributed by atoms with Gasteiger partial charge in [-0.15, -0.1) is 0 Å². The SMILES string of the molecule is Cc1[nH]n(-c2ccccc2)c(=O)c1[C@@]1(C(F)(F)F)NC(=O)N(Cc2ccccc2)C1=O. The summed E-state index contributed by atoms with van der Waals surface area (Å²) in [6.45, 7) is 0.892. The Morgan fingerprint density at radius 2 is 1.52 bits per heavy atom. The van der Waals surface area contributed by atoms with Crippen LogP contribution in [0.4, 0.5) is 18.0 Å². The van der Waals surface area contributed by atoms with Crippen LogP contribution in [0.3, 0.4) is 0 Å². The van der Waals surface area contributed by atoms with Crippen molar-refractivity contribution in [2.45, 2.75) is 25.2 Å². The summed E-state index contributed by atoms with van der Waals surface area (Å²) < 4.78 is 44.1. The summed E-state index contributed by atoms with van der Waals surface area (Å²) in [5.74, 6) is -1.55. The number of benzene rings is 2. The summed E-state index contributed by atoms with van der Waals surface area (Å²) >= 11 is 0. The number of aromatic nitrogens is 2. The van der Waals surface area contributed by atoms with Gasteiger partial charge in [0.1, 0.15) is 0 Å². The number of alkyl halides is 3. The Bertz CT molecular complexity index is 1200. The van der Waals surface area contributed by atoms with Crippen molar-refractivity contribution in [3.05, 3.63) is 87.8 Å². The Morgan fingerprint density at radius 1 is 0.935 bits per heavy atom. The number of hydrogen-bond acceptors (Lipinski definition) is 3. The smallest absolute Gasteiger partial charge is 0.312 e. The molecule has 1 aliphatic rings. The number of imide groups is 1. The van der Waals surface area contributed by atoms with Gasteiger partial charge in [0, 0.05) is 5.69 Å². The van der Waals surface area contributed by atoms with E-state index < -0.39 is 34.8 Å². The predicted molar refractivity (Wildman–Crippen MR) is 104 cm³/mol. The second-order valence-electron chi connectivity index (χ2n) is 7.14. The average Bonchev–Trinajstić information content (AvgIpc) is 3.17. The highest BCUT2D eigenvalue weighted by Gasteiger charge is 2.70. The molecule has 0 bridgehead atoms. The molecule has 31 heavy (non-hydrogen) atoms. The Kier molecular flexibility index (Phi) is 4.72. The van der Waals surface area contributed by atoms with Crippen molar-refractivity contribution >= 4 is 11.9 Å². The van der Waals surface area contributed by atoms with Gasteiger partial charge in [0.05, 0.1) is 17.8 Å². The van der Waals surface area contributed by atoms with Gasteiger partial charge in [0.25, 0.3) is 11.5 Å². The van der Waals surface area contributed by atoms with Crippen LogP contribution in [0.5, 0.6) is 0 Å². The lowest BCUT2D eigenvalue weighted by Crippen LogP contribution is -2.58. The van der Waals surface area contributed by atoms with Gasteiger partial charge in [0.2, 0.25) is 5.54 Å². The van der Waals surface area contributed by atoms with E-state index in [0.29, 0.717) is 10.5 Å². The molecule has 2 heterocycles. The molecule has 1 atom stereocenters. The number of halogens is 3. The number of carbonyl (C=O) groups excluding carboxylic acids is 2. The summed E-state index contributed by atoms with van der Waals surface area (Å²) in [5.41, 5.74) is -4.85. The molecule has 0 saturated carbocycles. The minimum atomic E-state index is -5.26. The maximum absolute atomic E-state index is 14.4. The Labute approximate surface area is 174 Å². The van der Waals surface area contributed by atoms with E-state index in [1.54, 1.807) is 53.8 Å². The summed E-state index contributed by atoms with van der Waals surface area (Å²) in [5, 5.41) is 4.35. The van der Waals surface area contributed by atoms with Crippen LogP contribution < -0.4 is 10.9 Å². The lowest BCUT2D eigenvalue weighted by Gasteiger charge is -2.28. The van der Waals surface area contributed by atoms with Crippen LogP contribution in [0, 0.1) is 6.92 Å². The number of rotatable bonds is 4. The zero-order chi connectivity index (χ0) is 22.4. The Balaban J connectivity index is 1.86. The zero-order valence-electron chi connectivity index (χ0n) is 16.2. The minimum Gasteiger partial charge on any atom is -0.312 e. The molecule has 3 amide bonds. The third-order valence-corrected chi connectivity index (χ3v) is 5.18. The number of aromatic amines is 1. The van der Waals surface area contributed by atoms with E-state index in [-0.39, 0.29) is 17.9 Å². The van der Waals surface area contributed by atoms with Gasteiger partial charge in [-0.1, -0.05) is 48.5 Å². The lowest BCUT2D eigenvalue weighted by atomic mass is 9.89. The number of nitrogens with one attached hydrogen (secondary N) is 2. The largest absolute Gasteiger partial charge is 0.425 e. The highest BCUT2D eigenvalue weighted by atomic mass is 19.4. The van der Waals surface area contributed by atoms with Gasteiger partial charge in [0.15, 0.2) is 0 Å². The van der Waals surface area contributed by atoms with E-state index in [4.69, 9.17) is 0 Å². The third kappa shape index (κ3) is 3.11. The standard InChI is InChI=1S/C21H17F3N4O3/c1-13-16(17(29)28(26-13)15-10-6-3-7-11-15)20(21(22,23)24)18(30)27(19(31)25-20)12-14-8-4-2-5-9-14/h2-11,26H,12H2,1H3,(H,25,31)/t20-/m1/s1. The molecule has 1 saturated heterocycles. The van der Waals surface area contributed by atoms with Gasteiger partial charge in [-0.25, -0.2) is 9.48 Å². The number of aryl methyl sites for hydroxylation is 1. The molecule has 1 fully saturated rings. The topological polar surface area (TPSA) is 87.2 Å². The molecular weight excluding hydrogens is 413 g/mol. The average molecular weight is 430 g/mol. The lowest BCUT2D eigenvalue weighted by molar-refractivity contribution is -0.198. The van der Waals surface area contributed by atoms with Crippen LogP contribution >= 0.6 is 0 Å². The first-order valence-electron chi connectivity index (χ1n) is 9.29. The molecule has 10 heteroatoms. The highest BCUT2D eigenvalue weighted by Crippen LogP contribution is 2.43. The molecule has 3 aromatic rings. The first-order valence-corrected chi connectivity index (χ1v) is 9.29. The molecule has 1 aromatic heterocycles. The number of para-hydroxylation sites is 1. The quantitative estimate of drug-likeness (QED) is 0.624. The second-order valence-corrected chi connectivity index (χ2v) is 7.14. The van der Waals surface area contributed by atoms with Crippen LogP contribution in [-0.2, 0) is 16.9 Å². The summed E-state index contributed by atoms with van der Waals surface area (Å²) in [6.07, 6.45) is -5.26. The minimum absolute atomic E-state index is 0.179. The van der Waals surface area contributed by atoms with Crippen molar-refractivity contribution in [2.75, 3.05) is 0 Å². The number of H-pyrrole nitrogens is 1. The molecule has 0 unspecified atom stereocenters. The first-order chi connectivity index (χ1) is 14.7. The number of carbonyl (C=O) groups is 2. The van der Waals surface area contributed by atoms with Crippen molar-refractivity contribution < 1.29 is 22.8 Å². The predicted octanol–water partition coefficient (Wildman–Crippen LogP) is 2.98. The molecule has 7 nitrogen and oxygen atoms in total. The Hall–Kier alpha value is -3.82. The number of amides is 3. The third-order valence-electron chi connectivity index (χ3n) is 5.18. The molecule has 0 radical (unpaired) electrons. The van der Waals surface area contributed by atoms with Crippen molar-refractivity contribution in [1.82, 2.24) is 20.0 Å². The van der Waals surface area contributed by atoms with Crippen molar-refractivity contribution in [2.24, 2.45) is 0 Å². The molecule has 160 valence electrons. The van der Waals surface area contributed by atoms with Crippen LogP contribution in [0.2, 0.25) is 0 Å². The van der Waals surface area contributed by atoms with E-state index >= 15 is 0 Å². The van der Waals surface area contributed by atoms with E-state index in [9.17, 15) is 27.6 Å². The number of nitrogens with zero attached hydrogens (tertiary/aromatic N) is 2. The highest BCUT2D eigenvalue weighted by molar-refractivity contribution is 6.08. The van der Waals surface area contributed by atoms with E-state index in [1.165, 1.54) is 19.1 Å². The van der Waals surface area contributed by atoms with Gasteiger partial charge in [-0.3, -0.25) is 19.6 Å². The van der Waals surface area contributed by atoms with E-state index in [0.717, 1.165) is 4.68 Å². The van der Waals surface area contributed by atoms with Gasteiger partial charge < -0.3 is 5.32 Å². The van der Waals surface area contributed by atoms with Gasteiger partial charge >= 0.3 is 12.2 Å². The van der Waals surface area contributed by atoms with Crippen LogP contribution in [0.1, 0.15) is 16.8 Å². The fourth-order valence-electron chi connectivity index (χ4n) is 3.74. The number of urea groups is 1. The van der Waals surface area contributed by atoms with Crippen molar-refractivity contribution in [3.63, 3.8) is 0 Å². The summed E-state index contributed by atoms with van der Waals surface area (Å²) in [6, 6.07) is 14.9. The summed E-state index contributed by atoms with van der Waals surface area (Å²) in [7, 11) is 0. The molecule has 1 aliphatic heterocycles. The van der Waals surface area contributed by atoms with Gasteiger partial charge in [-0.2, -0.15) is 13.2 Å². The first kappa shape index (κ1) is 20.5. The Morgan fingerprint density at radius 3 is 2.10 bits per heavy atom. The fourth-order valence-corrected chi connectivity index (χ4v) is 3.74. The molecule has 0 spiro atoms. The van der Waals surface area contributed by atoms with E-state index in [1.807, 2.05) is 0 Å². The van der Waals surface area contributed by atoms with Crippen molar-refractivity contribution in [3.8, 4) is 5.69 Å². The molecule has 4 rings (SSSR count). The van der Waals surface area contributed by atoms with Crippen LogP contribution in [0.25, 0.3) is 5.69 Å².